The number of para-hydroxylation sites is 1. The number of benzene rings is 2. The molecule has 0 aliphatic rings. The summed E-state index contributed by atoms with van der Waals surface area (Å²) in [7, 11) is 3.08. The van der Waals surface area contributed by atoms with Gasteiger partial charge < -0.3 is 14.8 Å². The van der Waals surface area contributed by atoms with E-state index in [2.05, 4.69) is 15.3 Å². The lowest BCUT2D eigenvalue weighted by Crippen LogP contribution is -2.25. The lowest BCUT2D eigenvalue weighted by Gasteiger charge is -2.14. The largest absolute Gasteiger partial charge is 0.497 e. The van der Waals surface area contributed by atoms with Gasteiger partial charge in [-0.05, 0) is 35.9 Å². The normalized spacial score (nSPS) is 10.7. The maximum atomic E-state index is 13.2. The van der Waals surface area contributed by atoms with Gasteiger partial charge >= 0.3 is 0 Å². The van der Waals surface area contributed by atoms with Crippen LogP contribution in [0.2, 0.25) is 0 Å². The van der Waals surface area contributed by atoms with Crippen LogP contribution >= 0.6 is 11.8 Å². The van der Waals surface area contributed by atoms with E-state index in [9.17, 15) is 9.59 Å². The van der Waals surface area contributed by atoms with Gasteiger partial charge in [-0.3, -0.25) is 19.1 Å². The van der Waals surface area contributed by atoms with Crippen LogP contribution in [-0.4, -0.2) is 40.4 Å². The number of hydrogen-bond acceptors (Lipinski definition) is 7. The highest BCUT2D eigenvalue weighted by molar-refractivity contribution is 7.99. The van der Waals surface area contributed by atoms with Crippen LogP contribution in [0.15, 0.2) is 76.9 Å². The number of hydrogen-bond donors (Lipinski definition) is 1. The summed E-state index contributed by atoms with van der Waals surface area (Å²) in [6, 6.07) is 16.0. The van der Waals surface area contributed by atoms with Crippen molar-refractivity contribution < 1.29 is 14.3 Å². The second-order valence-electron chi connectivity index (χ2n) is 7.07. The molecule has 0 fully saturated rings. The van der Waals surface area contributed by atoms with Crippen molar-refractivity contribution in [2.75, 3.05) is 25.3 Å². The average molecular weight is 463 g/mol. The molecule has 0 aliphatic carbocycles. The molecule has 0 saturated carbocycles. The molecule has 168 valence electrons. The molecule has 0 atom stereocenters. The van der Waals surface area contributed by atoms with Crippen molar-refractivity contribution in [2.24, 2.45) is 0 Å². The molecular weight excluding hydrogens is 440 g/mol. The number of nitrogens with zero attached hydrogens (tertiary/aromatic N) is 3. The molecule has 8 nitrogen and oxygen atoms in total. The van der Waals surface area contributed by atoms with Crippen molar-refractivity contribution in [3.8, 4) is 11.5 Å². The van der Waals surface area contributed by atoms with Gasteiger partial charge in [-0.1, -0.05) is 30.0 Å². The van der Waals surface area contributed by atoms with Gasteiger partial charge in [-0.25, -0.2) is 4.98 Å². The quantitative estimate of drug-likeness (QED) is 0.316. The van der Waals surface area contributed by atoms with E-state index < -0.39 is 0 Å². The number of ether oxygens (including phenoxy) is 2. The number of nitrogens with one attached hydrogen (secondary N) is 1. The van der Waals surface area contributed by atoms with E-state index in [0.29, 0.717) is 39.8 Å². The number of pyridine rings is 1. The number of carbonyl (C=O) groups excluding carboxylic acids is 1. The third kappa shape index (κ3) is 5.15. The monoisotopic (exact) mass is 462 g/mol. The van der Waals surface area contributed by atoms with E-state index in [1.54, 1.807) is 54.4 Å². The van der Waals surface area contributed by atoms with Crippen LogP contribution in [0.1, 0.15) is 5.56 Å². The Morgan fingerprint density at radius 3 is 2.70 bits per heavy atom. The SMILES string of the molecule is COc1ccc(OC)c(NC(=O)CSc2nc3ccccc3c(=O)n2Cc2cccnc2)c1. The first kappa shape index (κ1) is 22.3. The van der Waals surface area contributed by atoms with Crippen molar-refractivity contribution in [1.82, 2.24) is 14.5 Å². The average Bonchev–Trinajstić information content (AvgIpc) is 2.85. The Balaban J connectivity index is 1.60. The van der Waals surface area contributed by atoms with Crippen LogP contribution < -0.4 is 20.3 Å². The van der Waals surface area contributed by atoms with Gasteiger partial charge in [0.2, 0.25) is 5.91 Å². The lowest BCUT2D eigenvalue weighted by atomic mass is 10.2. The summed E-state index contributed by atoms with van der Waals surface area (Å²) >= 11 is 1.19. The first-order valence-corrected chi connectivity index (χ1v) is 11.1. The highest BCUT2D eigenvalue weighted by atomic mass is 32.2. The fraction of sp³-hybridized carbons (Fsp3) is 0.167. The number of aromatic nitrogens is 3. The number of methoxy groups -OCH3 is 2. The van der Waals surface area contributed by atoms with E-state index in [0.717, 1.165) is 5.56 Å². The van der Waals surface area contributed by atoms with Crippen molar-refractivity contribution in [3.63, 3.8) is 0 Å². The van der Waals surface area contributed by atoms with Crippen LogP contribution in [0.3, 0.4) is 0 Å². The maximum Gasteiger partial charge on any atom is 0.262 e. The zero-order valence-electron chi connectivity index (χ0n) is 18.1. The summed E-state index contributed by atoms with van der Waals surface area (Å²) in [6.07, 6.45) is 3.38. The van der Waals surface area contributed by atoms with Crippen molar-refractivity contribution in [3.05, 3.63) is 82.9 Å². The fourth-order valence-corrected chi connectivity index (χ4v) is 4.10. The summed E-state index contributed by atoms with van der Waals surface area (Å²) in [5.41, 5.74) is 1.79. The Hall–Kier alpha value is -3.85. The summed E-state index contributed by atoms with van der Waals surface area (Å²) in [6.45, 7) is 0.304. The Morgan fingerprint density at radius 1 is 1.09 bits per heavy atom. The molecule has 0 bridgehead atoms. The number of rotatable bonds is 8. The zero-order chi connectivity index (χ0) is 23.2. The Morgan fingerprint density at radius 2 is 1.94 bits per heavy atom. The molecule has 9 heteroatoms. The van der Waals surface area contributed by atoms with Gasteiger partial charge in [0.1, 0.15) is 11.5 Å². The van der Waals surface area contributed by atoms with Crippen LogP contribution in [0.25, 0.3) is 10.9 Å². The molecule has 1 amide bonds. The van der Waals surface area contributed by atoms with E-state index in [4.69, 9.17) is 9.47 Å². The van der Waals surface area contributed by atoms with E-state index in [1.165, 1.54) is 18.9 Å². The minimum Gasteiger partial charge on any atom is -0.497 e. The second-order valence-corrected chi connectivity index (χ2v) is 8.01. The molecule has 4 rings (SSSR count). The predicted molar refractivity (Wildman–Crippen MR) is 128 cm³/mol. The van der Waals surface area contributed by atoms with E-state index >= 15 is 0 Å². The fourth-order valence-electron chi connectivity index (χ4n) is 3.30. The predicted octanol–water partition coefficient (Wildman–Crippen LogP) is 3.59. The van der Waals surface area contributed by atoms with Gasteiger partial charge in [0, 0.05) is 18.5 Å². The van der Waals surface area contributed by atoms with Crippen molar-refractivity contribution in [1.29, 1.82) is 0 Å². The lowest BCUT2D eigenvalue weighted by molar-refractivity contribution is -0.113. The van der Waals surface area contributed by atoms with Crippen molar-refractivity contribution in [2.45, 2.75) is 11.7 Å². The second kappa shape index (κ2) is 10.2. The summed E-state index contributed by atoms with van der Waals surface area (Å²) in [4.78, 5) is 34.7. The van der Waals surface area contributed by atoms with E-state index in [1.807, 2.05) is 24.3 Å². The summed E-state index contributed by atoms with van der Waals surface area (Å²) in [5.74, 6) is 0.909. The molecule has 0 spiro atoms. The summed E-state index contributed by atoms with van der Waals surface area (Å²) in [5, 5.41) is 3.82. The third-order valence-electron chi connectivity index (χ3n) is 4.90. The molecule has 0 aliphatic heterocycles. The van der Waals surface area contributed by atoms with Crippen LogP contribution in [0, 0.1) is 0 Å². The first-order chi connectivity index (χ1) is 16.1. The number of amides is 1. The van der Waals surface area contributed by atoms with Crippen LogP contribution in [0.5, 0.6) is 11.5 Å². The molecule has 0 radical (unpaired) electrons. The van der Waals surface area contributed by atoms with Crippen molar-refractivity contribution >= 4 is 34.3 Å². The number of anilines is 1. The zero-order valence-corrected chi connectivity index (χ0v) is 19.0. The minimum atomic E-state index is -0.262. The van der Waals surface area contributed by atoms with Crippen LogP contribution in [0.4, 0.5) is 5.69 Å². The highest BCUT2D eigenvalue weighted by Crippen LogP contribution is 2.29. The van der Waals surface area contributed by atoms with E-state index in [-0.39, 0.29) is 17.2 Å². The van der Waals surface area contributed by atoms with Gasteiger partial charge in [-0.2, -0.15) is 0 Å². The van der Waals surface area contributed by atoms with Crippen LogP contribution in [-0.2, 0) is 11.3 Å². The van der Waals surface area contributed by atoms with Gasteiger partial charge in [-0.15, -0.1) is 0 Å². The Kier molecular flexibility index (Phi) is 6.89. The third-order valence-corrected chi connectivity index (χ3v) is 5.88. The minimum absolute atomic E-state index is 0.0538. The number of thioether (sulfide) groups is 1. The molecule has 0 saturated heterocycles. The Bertz CT molecular complexity index is 1340. The van der Waals surface area contributed by atoms with Gasteiger partial charge in [0.25, 0.3) is 5.56 Å². The van der Waals surface area contributed by atoms with Gasteiger partial charge in [0.15, 0.2) is 5.16 Å². The van der Waals surface area contributed by atoms with Gasteiger partial charge in [0.05, 0.1) is 43.1 Å². The molecule has 2 aromatic heterocycles. The topological polar surface area (TPSA) is 95.3 Å². The number of fused-ring (bicyclic) bond motifs is 1. The molecule has 2 heterocycles. The molecular formula is C24H22N4O4S. The molecule has 0 unspecified atom stereocenters. The Labute approximate surface area is 194 Å². The standard InChI is InChI=1S/C24H22N4O4S/c1-31-17-9-10-21(32-2)20(12-17)26-22(29)15-33-24-27-19-8-4-3-7-18(19)23(30)28(24)14-16-6-5-11-25-13-16/h3-13H,14-15H2,1-2H3,(H,26,29). The molecule has 4 aromatic rings. The molecule has 33 heavy (non-hydrogen) atoms. The maximum absolute atomic E-state index is 13.2. The molecule has 2 aromatic carbocycles. The number of carbonyl (C=O) groups is 1. The smallest absolute Gasteiger partial charge is 0.262 e. The highest BCUT2D eigenvalue weighted by Gasteiger charge is 2.15. The first-order valence-electron chi connectivity index (χ1n) is 10.1. The summed E-state index contributed by atoms with van der Waals surface area (Å²) < 4.78 is 12.1. The molecule has 1 N–H and O–H groups in total.